The molecule has 0 saturated carbocycles. The Morgan fingerprint density at radius 1 is 1.18 bits per heavy atom. The van der Waals surface area contributed by atoms with E-state index in [0.29, 0.717) is 15.6 Å². The third kappa shape index (κ3) is 2.31. The highest BCUT2D eigenvalue weighted by atomic mass is 79.9. The van der Waals surface area contributed by atoms with Gasteiger partial charge in [0.1, 0.15) is 5.75 Å². The molecule has 0 aliphatic rings. The Hall–Kier alpha value is -0.680. The standard InChI is InChI=1S/C12H16BrF2NO/c1-6-7(2)11(17-4)9(8(3)10(6)13)12(14,15)5-16/h5,16H2,1-4H3. The van der Waals surface area contributed by atoms with Crippen LogP contribution in [-0.4, -0.2) is 13.7 Å². The minimum Gasteiger partial charge on any atom is -0.496 e. The molecule has 1 aromatic carbocycles. The third-order valence-electron chi connectivity index (χ3n) is 2.99. The fourth-order valence-electron chi connectivity index (χ4n) is 1.88. The topological polar surface area (TPSA) is 35.2 Å². The molecule has 0 aliphatic carbocycles. The lowest BCUT2D eigenvalue weighted by Gasteiger charge is -2.24. The summed E-state index contributed by atoms with van der Waals surface area (Å²) in [5.41, 5.74) is 7.09. The van der Waals surface area contributed by atoms with Crippen LogP contribution in [-0.2, 0) is 5.92 Å². The predicted octanol–water partition coefficient (Wildman–Crippen LogP) is 3.43. The van der Waals surface area contributed by atoms with Gasteiger partial charge in [-0.3, -0.25) is 0 Å². The molecule has 17 heavy (non-hydrogen) atoms. The van der Waals surface area contributed by atoms with Gasteiger partial charge in [0.15, 0.2) is 0 Å². The Morgan fingerprint density at radius 2 is 1.71 bits per heavy atom. The minimum atomic E-state index is -3.09. The molecule has 0 amide bonds. The van der Waals surface area contributed by atoms with Crippen LogP contribution in [0.4, 0.5) is 8.78 Å². The maximum atomic E-state index is 13.9. The number of hydrogen-bond donors (Lipinski definition) is 1. The van der Waals surface area contributed by atoms with Crippen LogP contribution in [0.2, 0.25) is 0 Å². The first-order valence-electron chi connectivity index (χ1n) is 5.19. The molecular weight excluding hydrogens is 292 g/mol. The van der Waals surface area contributed by atoms with E-state index in [4.69, 9.17) is 10.5 Å². The van der Waals surface area contributed by atoms with E-state index in [1.165, 1.54) is 7.11 Å². The first-order valence-corrected chi connectivity index (χ1v) is 5.98. The minimum absolute atomic E-state index is 0.127. The highest BCUT2D eigenvalue weighted by Gasteiger charge is 2.37. The van der Waals surface area contributed by atoms with Gasteiger partial charge < -0.3 is 10.5 Å². The zero-order valence-electron chi connectivity index (χ0n) is 10.3. The van der Waals surface area contributed by atoms with Gasteiger partial charge in [0.2, 0.25) is 0 Å². The molecule has 0 fully saturated rings. The number of rotatable bonds is 3. The lowest BCUT2D eigenvalue weighted by atomic mass is 9.95. The maximum Gasteiger partial charge on any atom is 0.289 e. The fraction of sp³-hybridized carbons (Fsp3) is 0.500. The zero-order valence-corrected chi connectivity index (χ0v) is 11.9. The van der Waals surface area contributed by atoms with Gasteiger partial charge in [-0.25, -0.2) is 0 Å². The summed E-state index contributed by atoms with van der Waals surface area (Å²) in [6, 6.07) is 0. The summed E-state index contributed by atoms with van der Waals surface area (Å²) in [5, 5.41) is 0. The fourth-order valence-corrected chi connectivity index (χ4v) is 2.38. The van der Waals surface area contributed by atoms with Crippen molar-refractivity contribution < 1.29 is 13.5 Å². The molecule has 5 heteroatoms. The smallest absolute Gasteiger partial charge is 0.289 e. The van der Waals surface area contributed by atoms with Crippen LogP contribution < -0.4 is 10.5 Å². The Kier molecular flexibility index (Phi) is 4.15. The monoisotopic (exact) mass is 307 g/mol. The molecule has 1 aromatic rings. The molecule has 0 atom stereocenters. The number of alkyl halides is 2. The van der Waals surface area contributed by atoms with E-state index >= 15 is 0 Å². The van der Waals surface area contributed by atoms with Crippen LogP contribution in [0.25, 0.3) is 0 Å². The van der Waals surface area contributed by atoms with Gasteiger partial charge in [-0.2, -0.15) is 8.78 Å². The number of halogens is 3. The van der Waals surface area contributed by atoms with Crippen molar-refractivity contribution in [3.05, 3.63) is 26.7 Å². The van der Waals surface area contributed by atoms with Crippen molar-refractivity contribution in [3.8, 4) is 5.75 Å². The molecule has 0 spiro atoms. The van der Waals surface area contributed by atoms with E-state index < -0.39 is 12.5 Å². The van der Waals surface area contributed by atoms with E-state index in [-0.39, 0.29) is 11.3 Å². The molecule has 0 bridgehead atoms. The molecular formula is C12H16BrF2NO. The Labute approximate surface area is 108 Å². The number of benzene rings is 1. The molecule has 96 valence electrons. The lowest BCUT2D eigenvalue weighted by molar-refractivity contribution is 0.00287. The number of methoxy groups -OCH3 is 1. The van der Waals surface area contributed by atoms with Crippen LogP contribution in [0.3, 0.4) is 0 Å². The van der Waals surface area contributed by atoms with Crippen molar-refractivity contribution in [2.24, 2.45) is 5.73 Å². The molecule has 0 unspecified atom stereocenters. The van der Waals surface area contributed by atoms with Crippen LogP contribution in [0.1, 0.15) is 22.3 Å². The zero-order chi connectivity index (χ0) is 13.4. The van der Waals surface area contributed by atoms with Crippen molar-refractivity contribution in [3.63, 3.8) is 0 Å². The van der Waals surface area contributed by atoms with Gasteiger partial charge in [-0.05, 0) is 37.5 Å². The van der Waals surface area contributed by atoms with E-state index in [9.17, 15) is 8.78 Å². The molecule has 0 radical (unpaired) electrons. The van der Waals surface area contributed by atoms with Crippen molar-refractivity contribution >= 4 is 15.9 Å². The summed E-state index contributed by atoms with van der Waals surface area (Å²) in [6.45, 7) is 4.52. The molecule has 0 aliphatic heterocycles. The largest absolute Gasteiger partial charge is 0.496 e. The first kappa shape index (κ1) is 14.4. The quantitative estimate of drug-likeness (QED) is 0.928. The lowest BCUT2D eigenvalue weighted by Crippen LogP contribution is -2.27. The summed E-state index contributed by atoms with van der Waals surface area (Å²) in [4.78, 5) is 0. The van der Waals surface area contributed by atoms with Gasteiger partial charge in [-0.1, -0.05) is 15.9 Å². The van der Waals surface area contributed by atoms with E-state index in [2.05, 4.69) is 15.9 Å². The van der Waals surface area contributed by atoms with Crippen molar-refractivity contribution in [2.45, 2.75) is 26.7 Å². The number of hydrogen-bond acceptors (Lipinski definition) is 2. The van der Waals surface area contributed by atoms with Crippen LogP contribution >= 0.6 is 15.9 Å². The Bertz CT molecular complexity index is 447. The summed E-state index contributed by atoms with van der Waals surface area (Å²) < 4.78 is 33.5. The third-order valence-corrected chi connectivity index (χ3v) is 4.18. The van der Waals surface area contributed by atoms with E-state index in [1.807, 2.05) is 6.92 Å². The molecule has 0 saturated heterocycles. The number of ether oxygens (including phenoxy) is 1. The van der Waals surface area contributed by atoms with E-state index in [0.717, 1.165) is 5.56 Å². The summed E-state index contributed by atoms with van der Waals surface area (Å²) in [5.74, 6) is -2.87. The average Bonchev–Trinajstić information content (AvgIpc) is 2.30. The molecule has 1 rings (SSSR count). The molecule has 0 heterocycles. The van der Waals surface area contributed by atoms with Crippen LogP contribution in [0, 0.1) is 20.8 Å². The average molecular weight is 308 g/mol. The van der Waals surface area contributed by atoms with Crippen LogP contribution in [0.5, 0.6) is 5.75 Å². The second kappa shape index (κ2) is 4.90. The van der Waals surface area contributed by atoms with Gasteiger partial charge in [0, 0.05) is 4.47 Å². The van der Waals surface area contributed by atoms with Crippen molar-refractivity contribution in [1.29, 1.82) is 0 Å². The summed E-state index contributed by atoms with van der Waals surface area (Å²) in [7, 11) is 1.39. The second-order valence-corrected chi connectivity index (χ2v) is 4.80. The highest BCUT2D eigenvalue weighted by molar-refractivity contribution is 9.10. The molecule has 2 N–H and O–H groups in total. The summed E-state index contributed by atoms with van der Waals surface area (Å²) >= 11 is 3.34. The van der Waals surface area contributed by atoms with Crippen molar-refractivity contribution in [2.75, 3.05) is 13.7 Å². The number of nitrogens with two attached hydrogens (primary N) is 1. The van der Waals surface area contributed by atoms with Crippen molar-refractivity contribution in [1.82, 2.24) is 0 Å². The van der Waals surface area contributed by atoms with Gasteiger partial charge in [0.25, 0.3) is 5.92 Å². The second-order valence-electron chi connectivity index (χ2n) is 4.01. The Balaban J connectivity index is 3.70. The van der Waals surface area contributed by atoms with Gasteiger partial charge >= 0.3 is 0 Å². The Morgan fingerprint density at radius 3 is 2.12 bits per heavy atom. The predicted molar refractivity (Wildman–Crippen MR) is 67.9 cm³/mol. The van der Waals surface area contributed by atoms with E-state index in [1.54, 1.807) is 13.8 Å². The van der Waals surface area contributed by atoms with Gasteiger partial charge in [0.05, 0.1) is 19.2 Å². The SMILES string of the molecule is COc1c(C)c(C)c(Br)c(C)c1C(F)(F)CN. The molecule has 0 aromatic heterocycles. The van der Waals surface area contributed by atoms with Gasteiger partial charge in [-0.15, -0.1) is 0 Å². The normalized spacial score (nSPS) is 11.8. The maximum absolute atomic E-state index is 13.9. The van der Waals surface area contributed by atoms with Crippen LogP contribution in [0.15, 0.2) is 4.47 Å². The highest BCUT2D eigenvalue weighted by Crippen LogP contribution is 2.43. The first-order chi connectivity index (χ1) is 7.77. The molecule has 2 nitrogen and oxygen atoms in total. The summed E-state index contributed by atoms with van der Waals surface area (Å²) in [6.07, 6.45) is 0.